The van der Waals surface area contributed by atoms with E-state index in [-0.39, 0.29) is 17.7 Å². The van der Waals surface area contributed by atoms with Crippen molar-refractivity contribution >= 4 is 17.6 Å². The fourth-order valence-electron chi connectivity index (χ4n) is 4.58. The Kier molecular flexibility index (Phi) is 5.11. The molecule has 2 aromatic heterocycles. The van der Waals surface area contributed by atoms with E-state index in [0.29, 0.717) is 37.8 Å². The number of anilines is 1. The van der Waals surface area contributed by atoms with Crippen LogP contribution < -0.4 is 5.32 Å². The normalized spacial score (nSPS) is 21.0. The van der Waals surface area contributed by atoms with Gasteiger partial charge < -0.3 is 19.6 Å². The van der Waals surface area contributed by atoms with Gasteiger partial charge in [-0.1, -0.05) is 5.16 Å². The molecule has 0 spiro atoms. The molecule has 5 rings (SSSR count). The van der Waals surface area contributed by atoms with E-state index < -0.39 is 0 Å². The summed E-state index contributed by atoms with van der Waals surface area (Å²) in [5.74, 6) is 2.88. The molecular formula is C22H28N6O3. The first-order valence-electron chi connectivity index (χ1n) is 11.1. The lowest BCUT2D eigenvalue weighted by atomic mass is 9.96. The summed E-state index contributed by atoms with van der Waals surface area (Å²) in [6.07, 6.45) is 4.79. The van der Waals surface area contributed by atoms with Crippen molar-refractivity contribution in [3.05, 3.63) is 34.6 Å². The Morgan fingerprint density at radius 3 is 2.71 bits per heavy atom. The Hall–Kier alpha value is -2.97. The maximum atomic E-state index is 13.0. The summed E-state index contributed by atoms with van der Waals surface area (Å²) in [7, 11) is 1.85. The Labute approximate surface area is 181 Å². The number of nitrogens with one attached hydrogen (secondary N) is 1. The third-order valence-electron chi connectivity index (χ3n) is 6.56. The van der Waals surface area contributed by atoms with Gasteiger partial charge in [0, 0.05) is 63.5 Å². The molecule has 0 radical (unpaired) electrons. The van der Waals surface area contributed by atoms with Gasteiger partial charge in [-0.05, 0) is 25.7 Å². The van der Waals surface area contributed by atoms with Crippen molar-refractivity contribution in [3.8, 4) is 0 Å². The molecule has 31 heavy (non-hydrogen) atoms. The van der Waals surface area contributed by atoms with Crippen LogP contribution >= 0.6 is 0 Å². The number of hydrogen-bond acceptors (Lipinski definition) is 7. The number of carbonyl (C=O) groups excluding carboxylic acids is 2. The summed E-state index contributed by atoms with van der Waals surface area (Å²) in [5.41, 5.74) is 2.39. The van der Waals surface area contributed by atoms with Gasteiger partial charge >= 0.3 is 0 Å². The van der Waals surface area contributed by atoms with Crippen LogP contribution in [0.25, 0.3) is 0 Å². The van der Waals surface area contributed by atoms with Gasteiger partial charge in [0.15, 0.2) is 5.69 Å². The number of carbonyl (C=O) groups is 2. The monoisotopic (exact) mass is 424 g/mol. The predicted octanol–water partition coefficient (Wildman–Crippen LogP) is 2.31. The van der Waals surface area contributed by atoms with Gasteiger partial charge in [0.05, 0.1) is 12.2 Å². The Morgan fingerprint density at radius 2 is 1.97 bits per heavy atom. The molecule has 1 N–H and O–H groups in total. The van der Waals surface area contributed by atoms with Crippen molar-refractivity contribution in [2.45, 2.75) is 57.4 Å². The summed E-state index contributed by atoms with van der Waals surface area (Å²) in [6.45, 7) is 4.08. The molecule has 2 aliphatic heterocycles. The molecule has 4 heterocycles. The van der Waals surface area contributed by atoms with E-state index in [1.165, 1.54) is 0 Å². The van der Waals surface area contributed by atoms with Crippen LogP contribution in [0.2, 0.25) is 0 Å². The molecule has 1 atom stereocenters. The number of fused-ring (bicyclic) bond motifs is 1. The van der Waals surface area contributed by atoms with E-state index in [9.17, 15) is 9.59 Å². The molecule has 9 heteroatoms. The summed E-state index contributed by atoms with van der Waals surface area (Å²) in [4.78, 5) is 38.1. The van der Waals surface area contributed by atoms with E-state index in [2.05, 4.69) is 10.5 Å². The fraction of sp³-hybridized carbons (Fsp3) is 0.591. The summed E-state index contributed by atoms with van der Waals surface area (Å²) in [5, 5.41) is 7.20. The summed E-state index contributed by atoms with van der Waals surface area (Å²) >= 11 is 0. The van der Waals surface area contributed by atoms with Gasteiger partial charge in [-0.15, -0.1) is 0 Å². The average molecular weight is 425 g/mol. The molecule has 0 aromatic carbocycles. The first-order valence-corrected chi connectivity index (χ1v) is 11.1. The molecule has 2 fully saturated rings. The molecular weight excluding hydrogens is 396 g/mol. The number of hydrogen-bond donors (Lipinski definition) is 1. The minimum Gasteiger partial charge on any atom is -0.373 e. The van der Waals surface area contributed by atoms with Crippen LogP contribution in [-0.2, 0) is 17.8 Å². The Balaban J connectivity index is 1.35. The third kappa shape index (κ3) is 3.88. The van der Waals surface area contributed by atoms with Gasteiger partial charge in [0.1, 0.15) is 17.4 Å². The smallest absolute Gasteiger partial charge is 0.276 e. The zero-order valence-corrected chi connectivity index (χ0v) is 18.1. The van der Waals surface area contributed by atoms with Crippen LogP contribution in [0.5, 0.6) is 0 Å². The van der Waals surface area contributed by atoms with E-state index in [4.69, 9.17) is 14.5 Å². The first kappa shape index (κ1) is 20.0. The van der Waals surface area contributed by atoms with Crippen molar-refractivity contribution in [1.29, 1.82) is 0 Å². The van der Waals surface area contributed by atoms with Crippen LogP contribution in [0, 0.1) is 0 Å². The second kappa shape index (κ2) is 7.94. The molecule has 1 unspecified atom stereocenters. The van der Waals surface area contributed by atoms with Crippen LogP contribution in [-0.4, -0.2) is 63.4 Å². The molecule has 164 valence electrons. The highest BCUT2D eigenvalue weighted by Crippen LogP contribution is 2.40. The highest BCUT2D eigenvalue weighted by molar-refractivity contribution is 5.92. The lowest BCUT2D eigenvalue weighted by molar-refractivity contribution is -0.129. The van der Waals surface area contributed by atoms with Gasteiger partial charge in [-0.2, -0.15) is 0 Å². The molecule has 1 saturated heterocycles. The third-order valence-corrected chi connectivity index (χ3v) is 6.56. The highest BCUT2D eigenvalue weighted by atomic mass is 16.5. The molecule has 2 amide bonds. The van der Waals surface area contributed by atoms with Crippen molar-refractivity contribution in [2.24, 2.45) is 0 Å². The maximum Gasteiger partial charge on any atom is 0.276 e. The molecule has 9 nitrogen and oxygen atoms in total. The van der Waals surface area contributed by atoms with E-state index >= 15 is 0 Å². The standard InChI is InChI=1S/C22H28N6O3/c1-13(29)27-9-7-17-16(12-27)21(23-2)25-20(24-17)15-4-3-8-28(11-15)22(30)18-10-19(31-26-18)14-5-6-14/h10,14-15H,3-9,11-12H2,1-2H3,(H,23,24,25). The van der Waals surface area contributed by atoms with Crippen molar-refractivity contribution in [3.63, 3.8) is 0 Å². The summed E-state index contributed by atoms with van der Waals surface area (Å²) in [6, 6.07) is 1.80. The van der Waals surface area contributed by atoms with Gasteiger partial charge in [0.25, 0.3) is 5.91 Å². The van der Waals surface area contributed by atoms with Crippen molar-refractivity contribution in [2.75, 3.05) is 32.0 Å². The first-order chi connectivity index (χ1) is 15.0. The molecule has 3 aliphatic rings. The van der Waals surface area contributed by atoms with Gasteiger partial charge in [0.2, 0.25) is 5.91 Å². The molecule has 1 saturated carbocycles. The number of nitrogens with zero attached hydrogens (tertiary/aromatic N) is 5. The maximum absolute atomic E-state index is 13.0. The topological polar surface area (TPSA) is 104 Å². The van der Waals surface area contributed by atoms with Crippen molar-refractivity contribution in [1.82, 2.24) is 24.9 Å². The number of likely N-dealkylation sites (tertiary alicyclic amines) is 1. The second-order valence-electron chi connectivity index (χ2n) is 8.78. The number of piperidine rings is 1. The minimum absolute atomic E-state index is 0.0657. The van der Waals surface area contributed by atoms with Gasteiger partial charge in [-0.25, -0.2) is 9.97 Å². The largest absolute Gasteiger partial charge is 0.373 e. The lowest BCUT2D eigenvalue weighted by Gasteiger charge is -2.33. The molecule has 1 aliphatic carbocycles. The Bertz CT molecular complexity index is 997. The number of rotatable bonds is 4. The zero-order chi connectivity index (χ0) is 21.5. The van der Waals surface area contributed by atoms with Crippen LogP contribution in [0.3, 0.4) is 0 Å². The van der Waals surface area contributed by atoms with E-state index in [1.807, 2.05) is 16.8 Å². The predicted molar refractivity (Wildman–Crippen MR) is 113 cm³/mol. The zero-order valence-electron chi connectivity index (χ0n) is 18.1. The van der Waals surface area contributed by atoms with E-state index in [1.54, 1.807) is 13.0 Å². The number of amides is 2. The quantitative estimate of drug-likeness (QED) is 0.803. The van der Waals surface area contributed by atoms with E-state index in [0.717, 1.165) is 60.8 Å². The highest BCUT2D eigenvalue weighted by Gasteiger charge is 2.33. The van der Waals surface area contributed by atoms with Crippen LogP contribution in [0.1, 0.15) is 77.8 Å². The molecule has 0 bridgehead atoms. The lowest BCUT2D eigenvalue weighted by Crippen LogP contribution is -2.40. The van der Waals surface area contributed by atoms with Crippen molar-refractivity contribution < 1.29 is 14.1 Å². The Morgan fingerprint density at radius 1 is 1.13 bits per heavy atom. The SMILES string of the molecule is CNc1nc(C2CCCN(C(=O)c3cc(C4CC4)on3)C2)nc2c1CN(C(C)=O)CC2. The average Bonchev–Trinajstić information content (AvgIpc) is 3.54. The fourth-order valence-corrected chi connectivity index (χ4v) is 4.58. The van der Waals surface area contributed by atoms with Crippen LogP contribution in [0.15, 0.2) is 10.6 Å². The minimum atomic E-state index is -0.0794. The van der Waals surface area contributed by atoms with Gasteiger partial charge in [-0.3, -0.25) is 9.59 Å². The van der Waals surface area contributed by atoms with Crippen LogP contribution in [0.4, 0.5) is 5.82 Å². The second-order valence-corrected chi connectivity index (χ2v) is 8.78. The number of aromatic nitrogens is 3. The molecule has 2 aromatic rings. The summed E-state index contributed by atoms with van der Waals surface area (Å²) < 4.78 is 5.37.